The maximum Gasteiger partial charge on any atom is 0.254 e. The number of hydrogen-bond donors (Lipinski definition) is 2. The lowest BCUT2D eigenvalue weighted by molar-refractivity contribution is 0.0514. The van der Waals surface area contributed by atoms with Crippen molar-refractivity contribution >= 4 is 29.1 Å². The first-order chi connectivity index (χ1) is 10.2. The standard InChI is InChI=1S/C16H17Cl2NO3/c1-9-7-11(10(2)22-9)16(3,21)8-19-15(20)14-12(17)5-4-6-13(14)18/h4-7,21H,8H2,1-3H3,(H,19,20). The number of nitrogens with one attached hydrogen (secondary N) is 1. The van der Waals surface area contributed by atoms with Gasteiger partial charge in [-0.1, -0.05) is 29.3 Å². The molecular weight excluding hydrogens is 325 g/mol. The van der Waals surface area contributed by atoms with Gasteiger partial charge in [0.05, 0.1) is 22.2 Å². The van der Waals surface area contributed by atoms with Gasteiger partial charge in [0.1, 0.15) is 17.1 Å². The van der Waals surface area contributed by atoms with Gasteiger partial charge in [0.25, 0.3) is 5.91 Å². The second-order valence-electron chi connectivity index (χ2n) is 5.38. The van der Waals surface area contributed by atoms with Crippen molar-refractivity contribution in [2.75, 3.05) is 6.54 Å². The maximum absolute atomic E-state index is 12.2. The summed E-state index contributed by atoms with van der Waals surface area (Å²) in [6.07, 6.45) is 0. The first-order valence-corrected chi connectivity index (χ1v) is 7.50. The monoisotopic (exact) mass is 341 g/mol. The van der Waals surface area contributed by atoms with Crippen molar-refractivity contribution in [2.45, 2.75) is 26.4 Å². The summed E-state index contributed by atoms with van der Waals surface area (Å²) in [6, 6.07) is 6.59. The minimum atomic E-state index is -1.26. The Bertz CT molecular complexity index is 687. The largest absolute Gasteiger partial charge is 0.466 e. The summed E-state index contributed by atoms with van der Waals surface area (Å²) < 4.78 is 5.42. The van der Waals surface area contributed by atoms with Gasteiger partial charge in [-0.3, -0.25) is 4.79 Å². The SMILES string of the molecule is Cc1cc(C(C)(O)CNC(=O)c2c(Cl)cccc2Cl)c(C)o1. The van der Waals surface area contributed by atoms with E-state index in [2.05, 4.69) is 5.32 Å². The van der Waals surface area contributed by atoms with Crippen LogP contribution in [0.4, 0.5) is 0 Å². The summed E-state index contributed by atoms with van der Waals surface area (Å²) in [4.78, 5) is 12.2. The molecule has 1 aromatic carbocycles. The zero-order valence-corrected chi connectivity index (χ0v) is 14.0. The Morgan fingerprint density at radius 2 is 1.91 bits per heavy atom. The summed E-state index contributed by atoms with van der Waals surface area (Å²) in [6.45, 7) is 5.18. The van der Waals surface area contributed by atoms with Gasteiger partial charge in [0.2, 0.25) is 0 Å². The van der Waals surface area contributed by atoms with Crippen LogP contribution >= 0.6 is 23.2 Å². The minimum absolute atomic E-state index is 0.00714. The topological polar surface area (TPSA) is 62.5 Å². The Morgan fingerprint density at radius 3 is 2.41 bits per heavy atom. The van der Waals surface area contributed by atoms with Crippen molar-refractivity contribution in [3.05, 3.63) is 57.0 Å². The Hall–Kier alpha value is -1.49. The molecule has 6 heteroatoms. The average Bonchev–Trinajstić information content (AvgIpc) is 2.76. The van der Waals surface area contributed by atoms with Crippen molar-refractivity contribution in [1.82, 2.24) is 5.32 Å². The molecule has 118 valence electrons. The molecule has 1 heterocycles. The van der Waals surface area contributed by atoms with Gasteiger partial charge < -0.3 is 14.8 Å². The number of amides is 1. The van der Waals surface area contributed by atoms with E-state index >= 15 is 0 Å². The highest BCUT2D eigenvalue weighted by Crippen LogP contribution is 2.27. The van der Waals surface area contributed by atoms with Gasteiger partial charge in [-0.25, -0.2) is 0 Å². The summed E-state index contributed by atoms with van der Waals surface area (Å²) >= 11 is 12.0. The number of carbonyl (C=O) groups is 1. The fourth-order valence-corrected chi connectivity index (χ4v) is 2.89. The van der Waals surface area contributed by atoms with Crippen LogP contribution in [-0.2, 0) is 5.60 Å². The first-order valence-electron chi connectivity index (χ1n) is 6.74. The van der Waals surface area contributed by atoms with Gasteiger partial charge in [-0.2, -0.15) is 0 Å². The van der Waals surface area contributed by atoms with Gasteiger partial charge in [0.15, 0.2) is 0 Å². The molecule has 2 rings (SSSR count). The second-order valence-corrected chi connectivity index (χ2v) is 6.19. The summed E-state index contributed by atoms with van der Waals surface area (Å²) in [5, 5.41) is 13.8. The molecular formula is C16H17Cl2NO3. The quantitative estimate of drug-likeness (QED) is 0.887. The molecule has 4 nitrogen and oxygen atoms in total. The number of rotatable bonds is 4. The van der Waals surface area contributed by atoms with E-state index in [0.29, 0.717) is 17.1 Å². The first kappa shape index (κ1) is 16.9. The van der Waals surface area contributed by atoms with Crippen molar-refractivity contribution in [3.63, 3.8) is 0 Å². The molecule has 1 aromatic heterocycles. The molecule has 0 spiro atoms. The van der Waals surface area contributed by atoms with Crippen molar-refractivity contribution < 1.29 is 14.3 Å². The van der Waals surface area contributed by atoms with E-state index in [4.69, 9.17) is 27.6 Å². The molecule has 1 unspecified atom stereocenters. The number of benzene rings is 1. The zero-order valence-electron chi connectivity index (χ0n) is 12.5. The van der Waals surface area contributed by atoms with E-state index < -0.39 is 11.5 Å². The number of hydrogen-bond acceptors (Lipinski definition) is 3. The molecule has 0 aliphatic rings. The molecule has 0 aliphatic carbocycles. The molecule has 22 heavy (non-hydrogen) atoms. The molecule has 2 aromatic rings. The van der Waals surface area contributed by atoms with Crippen molar-refractivity contribution in [1.29, 1.82) is 0 Å². The van der Waals surface area contributed by atoms with E-state index in [1.54, 1.807) is 45.0 Å². The molecule has 2 N–H and O–H groups in total. The summed E-state index contributed by atoms with van der Waals surface area (Å²) in [5.74, 6) is 0.884. The van der Waals surface area contributed by atoms with Crippen LogP contribution in [0.2, 0.25) is 10.0 Å². The van der Waals surface area contributed by atoms with Gasteiger partial charge in [0, 0.05) is 5.56 Å². The molecule has 0 saturated carbocycles. The highest BCUT2D eigenvalue weighted by Gasteiger charge is 2.29. The van der Waals surface area contributed by atoms with Gasteiger partial charge in [-0.15, -0.1) is 0 Å². The van der Waals surface area contributed by atoms with Crippen molar-refractivity contribution in [2.24, 2.45) is 0 Å². The predicted molar refractivity (Wildman–Crippen MR) is 86.5 cm³/mol. The third-order valence-corrected chi connectivity index (χ3v) is 4.03. The number of carbonyl (C=O) groups excluding carboxylic acids is 1. The van der Waals surface area contributed by atoms with Gasteiger partial charge >= 0.3 is 0 Å². The normalized spacial score (nSPS) is 13.7. The third kappa shape index (κ3) is 3.46. The average molecular weight is 342 g/mol. The lowest BCUT2D eigenvalue weighted by atomic mass is 9.96. The van der Waals surface area contributed by atoms with E-state index in [9.17, 15) is 9.90 Å². The maximum atomic E-state index is 12.2. The van der Waals surface area contributed by atoms with Crippen LogP contribution in [-0.4, -0.2) is 17.6 Å². The third-order valence-electron chi connectivity index (χ3n) is 3.40. The number of halogens is 2. The van der Waals surface area contributed by atoms with Crippen LogP contribution in [0.15, 0.2) is 28.7 Å². The summed E-state index contributed by atoms with van der Waals surface area (Å²) in [7, 11) is 0. The van der Waals surface area contributed by atoms with Crippen molar-refractivity contribution in [3.8, 4) is 0 Å². The van der Waals surface area contributed by atoms with E-state index in [1.165, 1.54) is 0 Å². The molecule has 0 radical (unpaired) electrons. The Balaban J connectivity index is 2.15. The van der Waals surface area contributed by atoms with Crippen LogP contribution in [0.25, 0.3) is 0 Å². The fraction of sp³-hybridized carbons (Fsp3) is 0.312. The summed E-state index contributed by atoms with van der Waals surface area (Å²) in [5.41, 5.74) is -0.428. The molecule has 0 aliphatic heterocycles. The van der Waals surface area contributed by atoms with Crippen LogP contribution in [0.3, 0.4) is 0 Å². The van der Waals surface area contributed by atoms with Crippen LogP contribution < -0.4 is 5.32 Å². The Morgan fingerprint density at radius 1 is 1.32 bits per heavy atom. The van der Waals surface area contributed by atoms with Crippen LogP contribution in [0, 0.1) is 13.8 Å². The van der Waals surface area contributed by atoms with E-state index in [0.717, 1.165) is 0 Å². The molecule has 1 amide bonds. The molecule has 1 atom stereocenters. The fourth-order valence-electron chi connectivity index (χ4n) is 2.32. The predicted octanol–water partition coefficient (Wildman–Crippen LogP) is 3.84. The molecule has 0 bridgehead atoms. The number of aryl methyl sites for hydroxylation is 2. The smallest absolute Gasteiger partial charge is 0.254 e. The minimum Gasteiger partial charge on any atom is -0.466 e. The highest BCUT2D eigenvalue weighted by molar-refractivity contribution is 6.39. The Labute approximate surface area is 139 Å². The van der Waals surface area contributed by atoms with Gasteiger partial charge in [-0.05, 0) is 39.0 Å². The van der Waals surface area contributed by atoms with Crippen LogP contribution in [0.5, 0.6) is 0 Å². The molecule has 0 fully saturated rings. The lowest BCUT2D eigenvalue weighted by Crippen LogP contribution is -2.39. The number of aliphatic hydroxyl groups is 1. The molecule has 0 saturated heterocycles. The highest BCUT2D eigenvalue weighted by atomic mass is 35.5. The Kier molecular flexibility index (Phi) is 4.85. The van der Waals surface area contributed by atoms with Crippen LogP contribution in [0.1, 0.15) is 34.4 Å². The number of furan rings is 1. The van der Waals surface area contributed by atoms with E-state index in [1.807, 2.05) is 0 Å². The van der Waals surface area contributed by atoms with E-state index in [-0.39, 0.29) is 22.2 Å². The zero-order chi connectivity index (χ0) is 16.5. The lowest BCUT2D eigenvalue weighted by Gasteiger charge is -2.23. The second kappa shape index (κ2) is 6.32.